The molecule has 0 spiro atoms. The number of nitrogens with zero attached hydrogens (tertiary/aromatic N) is 1. The van der Waals surface area contributed by atoms with Crippen LogP contribution in [0.1, 0.15) is 15.9 Å². The van der Waals surface area contributed by atoms with Gasteiger partial charge >= 0.3 is 0 Å². The van der Waals surface area contributed by atoms with E-state index < -0.39 is 0 Å². The number of carbonyl (C=O) groups excluding carboxylic acids is 1. The Morgan fingerprint density at radius 1 is 0.846 bits per heavy atom. The van der Waals surface area contributed by atoms with Crippen molar-refractivity contribution in [1.29, 1.82) is 0 Å². The van der Waals surface area contributed by atoms with Gasteiger partial charge in [0, 0.05) is 16.3 Å². The van der Waals surface area contributed by atoms with E-state index in [4.69, 9.17) is 9.72 Å². The summed E-state index contributed by atoms with van der Waals surface area (Å²) < 4.78 is 5.14. The third-order valence-corrected chi connectivity index (χ3v) is 4.41. The highest BCUT2D eigenvalue weighted by Gasteiger charge is 2.07. The van der Waals surface area contributed by atoms with Crippen LogP contribution in [0.2, 0.25) is 0 Å². The zero-order chi connectivity index (χ0) is 17.9. The van der Waals surface area contributed by atoms with Gasteiger partial charge in [-0.3, -0.25) is 4.79 Å². The van der Waals surface area contributed by atoms with Gasteiger partial charge in [0.25, 0.3) is 0 Å². The Bertz CT molecular complexity index is 1070. The van der Waals surface area contributed by atoms with Crippen LogP contribution in [0.15, 0.2) is 78.9 Å². The highest BCUT2D eigenvalue weighted by Crippen LogP contribution is 2.27. The van der Waals surface area contributed by atoms with E-state index in [1.54, 1.807) is 37.5 Å². The third kappa shape index (κ3) is 2.95. The van der Waals surface area contributed by atoms with E-state index in [2.05, 4.69) is 0 Å². The summed E-state index contributed by atoms with van der Waals surface area (Å²) in [6.07, 6.45) is 3.51. The number of allylic oxidation sites excluding steroid dienone is 1. The number of methoxy groups -OCH3 is 1. The van der Waals surface area contributed by atoms with Crippen LogP contribution in [0.5, 0.6) is 5.75 Å². The highest BCUT2D eigenvalue weighted by molar-refractivity contribution is 6.10. The first kappa shape index (κ1) is 16.0. The molecule has 0 saturated carbocycles. The summed E-state index contributed by atoms with van der Waals surface area (Å²) in [5.74, 6) is 0.689. The molecule has 4 rings (SSSR count). The molecule has 0 radical (unpaired) electrons. The van der Waals surface area contributed by atoms with Crippen LogP contribution in [0.3, 0.4) is 0 Å². The maximum Gasteiger partial charge on any atom is 0.185 e. The van der Waals surface area contributed by atoms with Crippen LogP contribution < -0.4 is 4.74 Å². The number of benzene rings is 3. The van der Waals surface area contributed by atoms with Gasteiger partial charge in [0.1, 0.15) is 5.75 Å². The van der Waals surface area contributed by atoms with E-state index in [-0.39, 0.29) is 5.78 Å². The fourth-order valence-electron chi connectivity index (χ4n) is 3.06. The normalized spacial score (nSPS) is 11.3. The number of fused-ring (bicyclic) bond motifs is 2. The minimum Gasteiger partial charge on any atom is -0.497 e. The number of ether oxygens (including phenoxy) is 1. The van der Waals surface area contributed by atoms with E-state index in [0.717, 1.165) is 33.1 Å². The van der Waals surface area contributed by atoms with Gasteiger partial charge in [-0.05, 0) is 54.1 Å². The van der Waals surface area contributed by atoms with Crippen molar-refractivity contribution in [1.82, 2.24) is 4.98 Å². The summed E-state index contributed by atoms with van der Waals surface area (Å²) >= 11 is 0. The molecule has 4 aromatic rings. The van der Waals surface area contributed by atoms with E-state index in [0.29, 0.717) is 5.56 Å². The van der Waals surface area contributed by atoms with Crippen LogP contribution in [0, 0.1) is 0 Å². The lowest BCUT2D eigenvalue weighted by atomic mass is 10.0. The maximum absolute atomic E-state index is 12.5. The fraction of sp³-hybridized carbons (Fsp3) is 0.0435. The molecule has 3 aromatic carbocycles. The second-order valence-corrected chi connectivity index (χ2v) is 5.99. The molecule has 3 nitrogen and oxygen atoms in total. The number of pyridine rings is 1. The minimum atomic E-state index is -0.0439. The van der Waals surface area contributed by atoms with Crippen LogP contribution >= 0.6 is 0 Å². The minimum absolute atomic E-state index is 0.0439. The Labute approximate surface area is 151 Å². The summed E-state index contributed by atoms with van der Waals surface area (Å²) in [6, 6.07) is 23.1. The lowest BCUT2D eigenvalue weighted by Gasteiger charge is -2.07. The second-order valence-electron chi connectivity index (χ2n) is 5.99. The molecule has 0 aliphatic heterocycles. The summed E-state index contributed by atoms with van der Waals surface area (Å²) in [5.41, 5.74) is 3.48. The van der Waals surface area contributed by atoms with Crippen molar-refractivity contribution >= 4 is 33.7 Å². The van der Waals surface area contributed by atoms with Crippen molar-refractivity contribution in [2.75, 3.05) is 7.11 Å². The number of para-hydroxylation sites is 2. The largest absolute Gasteiger partial charge is 0.497 e. The van der Waals surface area contributed by atoms with Crippen molar-refractivity contribution < 1.29 is 9.53 Å². The molecule has 0 amide bonds. The van der Waals surface area contributed by atoms with Gasteiger partial charge in [-0.2, -0.15) is 0 Å². The van der Waals surface area contributed by atoms with Gasteiger partial charge in [-0.1, -0.05) is 36.4 Å². The van der Waals surface area contributed by atoms with Gasteiger partial charge in [0.05, 0.1) is 18.1 Å². The first-order chi connectivity index (χ1) is 12.8. The molecule has 0 saturated heterocycles. The molecule has 0 unspecified atom stereocenters. The van der Waals surface area contributed by atoms with Crippen molar-refractivity contribution in [3.8, 4) is 5.75 Å². The predicted molar refractivity (Wildman–Crippen MR) is 106 cm³/mol. The fourth-order valence-corrected chi connectivity index (χ4v) is 3.06. The topological polar surface area (TPSA) is 39.2 Å². The van der Waals surface area contributed by atoms with E-state index >= 15 is 0 Å². The average molecular weight is 339 g/mol. The number of ketones is 1. The SMILES string of the molecule is COc1ccc(C(=O)C=Cc2c3ccccc3nc3ccccc23)cc1. The summed E-state index contributed by atoms with van der Waals surface area (Å²) in [5, 5.41) is 2.06. The van der Waals surface area contributed by atoms with Gasteiger partial charge in [-0.15, -0.1) is 0 Å². The molecular formula is C23H17NO2. The van der Waals surface area contributed by atoms with Gasteiger partial charge in [-0.25, -0.2) is 4.98 Å². The quantitative estimate of drug-likeness (QED) is 0.288. The molecule has 0 fully saturated rings. The van der Waals surface area contributed by atoms with Gasteiger partial charge < -0.3 is 4.74 Å². The first-order valence-electron chi connectivity index (χ1n) is 8.40. The Hall–Kier alpha value is -3.46. The molecule has 0 aliphatic rings. The second kappa shape index (κ2) is 6.81. The van der Waals surface area contributed by atoms with E-state index in [1.165, 1.54) is 0 Å². The first-order valence-corrected chi connectivity index (χ1v) is 8.40. The molecule has 0 N–H and O–H groups in total. The van der Waals surface area contributed by atoms with Crippen LogP contribution in [0.4, 0.5) is 0 Å². The summed E-state index contributed by atoms with van der Waals surface area (Å²) in [7, 11) is 1.61. The Morgan fingerprint density at radius 3 is 2.00 bits per heavy atom. The number of carbonyl (C=O) groups is 1. The Morgan fingerprint density at radius 2 is 1.42 bits per heavy atom. The van der Waals surface area contributed by atoms with Crippen LogP contribution in [0.25, 0.3) is 27.9 Å². The Balaban J connectivity index is 1.79. The highest BCUT2D eigenvalue weighted by atomic mass is 16.5. The molecule has 26 heavy (non-hydrogen) atoms. The lowest BCUT2D eigenvalue weighted by Crippen LogP contribution is -1.94. The molecule has 0 atom stereocenters. The maximum atomic E-state index is 12.5. The monoisotopic (exact) mass is 339 g/mol. The van der Waals surface area contributed by atoms with Crippen LogP contribution in [-0.4, -0.2) is 17.9 Å². The van der Waals surface area contributed by atoms with Gasteiger partial charge in [0.2, 0.25) is 0 Å². The van der Waals surface area contributed by atoms with Crippen molar-refractivity contribution in [3.05, 3.63) is 90.0 Å². The predicted octanol–water partition coefficient (Wildman–Crippen LogP) is 5.29. The lowest BCUT2D eigenvalue weighted by molar-refractivity contribution is 0.104. The molecule has 3 heteroatoms. The molecule has 126 valence electrons. The number of aromatic nitrogens is 1. The van der Waals surface area contributed by atoms with Crippen molar-refractivity contribution in [2.24, 2.45) is 0 Å². The van der Waals surface area contributed by atoms with Crippen LogP contribution in [-0.2, 0) is 0 Å². The zero-order valence-electron chi connectivity index (χ0n) is 14.3. The van der Waals surface area contributed by atoms with E-state index in [9.17, 15) is 4.79 Å². The van der Waals surface area contributed by atoms with Crippen molar-refractivity contribution in [2.45, 2.75) is 0 Å². The number of hydrogen-bond donors (Lipinski definition) is 0. The van der Waals surface area contributed by atoms with Gasteiger partial charge in [0.15, 0.2) is 5.78 Å². The number of rotatable bonds is 4. The smallest absolute Gasteiger partial charge is 0.185 e. The summed E-state index contributed by atoms with van der Waals surface area (Å²) in [6.45, 7) is 0. The molecular weight excluding hydrogens is 322 g/mol. The molecule has 0 bridgehead atoms. The standard InChI is InChI=1S/C23H17NO2/c1-26-17-12-10-16(11-13-17)23(25)15-14-18-19-6-2-4-8-21(19)24-22-9-5-3-7-20(18)22/h2-15H,1H3. The molecule has 0 aliphatic carbocycles. The Kier molecular flexibility index (Phi) is 4.20. The zero-order valence-corrected chi connectivity index (χ0v) is 14.3. The van der Waals surface area contributed by atoms with E-state index in [1.807, 2.05) is 54.6 Å². The van der Waals surface area contributed by atoms with Crippen molar-refractivity contribution in [3.63, 3.8) is 0 Å². The average Bonchev–Trinajstić information content (AvgIpc) is 2.71. The number of hydrogen-bond acceptors (Lipinski definition) is 3. The third-order valence-electron chi connectivity index (χ3n) is 4.41. The molecule has 1 aromatic heterocycles. The summed E-state index contributed by atoms with van der Waals surface area (Å²) in [4.78, 5) is 17.3. The molecule has 1 heterocycles.